The number of fused-ring (bicyclic) bond motifs is 1. The van der Waals surface area contributed by atoms with Crippen LogP contribution in [0, 0.1) is 18.3 Å². The zero-order chi connectivity index (χ0) is 23.8. The van der Waals surface area contributed by atoms with E-state index in [2.05, 4.69) is 23.9 Å². The summed E-state index contributed by atoms with van der Waals surface area (Å²) in [6, 6.07) is 12.7. The summed E-state index contributed by atoms with van der Waals surface area (Å²) in [5.74, 6) is -0.136. The molecule has 0 unspecified atom stereocenters. The molecule has 0 spiro atoms. The maximum atomic E-state index is 12.6. The average molecular weight is 483 g/mol. The van der Waals surface area contributed by atoms with E-state index in [9.17, 15) is 13.2 Å². The minimum atomic E-state index is -4.01. The Kier molecular flexibility index (Phi) is 6.22. The Bertz CT molecular complexity index is 1330. The van der Waals surface area contributed by atoms with Gasteiger partial charge in [0.15, 0.2) is 5.84 Å². The number of aryl methyl sites for hydroxylation is 1. The number of aliphatic imine (C=N–C) groups is 1. The number of nitrogens with one attached hydrogen (secondary N) is 1. The average Bonchev–Trinajstić information content (AvgIpc) is 3.13. The highest BCUT2D eigenvalue weighted by molar-refractivity contribution is 8.26. The summed E-state index contributed by atoms with van der Waals surface area (Å²) in [6.45, 7) is 6.00. The summed E-state index contributed by atoms with van der Waals surface area (Å²) in [7, 11) is -4.01. The molecule has 2 aromatic rings. The van der Waals surface area contributed by atoms with Gasteiger partial charge in [-0.05, 0) is 60.5 Å². The van der Waals surface area contributed by atoms with Gasteiger partial charge in [-0.1, -0.05) is 43.7 Å². The van der Waals surface area contributed by atoms with Gasteiger partial charge in [-0.25, -0.2) is 0 Å². The van der Waals surface area contributed by atoms with Gasteiger partial charge >= 0.3 is 10.1 Å². The molecular weight excluding hydrogens is 460 g/mol. The molecule has 0 saturated carbocycles. The van der Waals surface area contributed by atoms with Gasteiger partial charge < -0.3 is 4.18 Å². The third kappa shape index (κ3) is 5.07. The van der Waals surface area contributed by atoms with Crippen LogP contribution in [0.3, 0.4) is 0 Å². The molecule has 33 heavy (non-hydrogen) atoms. The van der Waals surface area contributed by atoms with Crippen molar-refractivity contribution in [1.29, 1.82) is 5.41 Å². The molecule has 0 bridgehead atoms. The van der Waals surface area contributed by atoms with Gasteiger partial charge in [0.25, 0.3) is 5.91 Å². The third-order valence-electron chi connectivity index (χ3n) is 4.76. The Morgan fingerprint density at radius 3 is 2.61 bits per heavy atom. The minimum absolute atomic E-state index is 0.0459. The number of hydrogen-bond donors (Lipinski definition) is 1. The van der Waals surface area contributed by atoms with Gasteiger partial charge in [0.2, 0.25) is 5.17 Å². The van der Waals surface area contributed by atoms with Crippen LogP contribution in [0.25, 0.3) is 6.08 Å². The Balaban J connectivity index is 1.58. The summed E-state index contributed by atoms with van der Waals surface area (Å²) in [4.78, 5) is 16.7. The number of carbonyl (C=O) groups is 1. The second-order valence-electron chi connectivity index (χ2n) is 8.03. The highest BCUT2D eigenvalue weighted by atomic mass is 32.2. The summed E-state index contributed by atoms with van der Waals surface area (Å²) in [5.41, 5.74) is 1.49. The molecule has 2 aromatic carbocycles. The number of hydrogen-bond acceptors (Lipinski definition) is 7. The lowest BCUT2D eigenvalue weighted by molar-refractivity contribution is -0.114. The van der Waals surface area contributed by atoms with E-state index in [0.717, 1.165) is 17.0 Å². The highest BCUT2D eigenvalue weighted by Crippen LogP contribution is 2.31. The van der Waals surface area contributed by atoms with Crippen LogP contribution in [-0.2, 0) is 14.9 Å². The van der Waals surface area contributed by atoms with Crippen molar-refractivity contribution in [1.82, 2.24) is 5.01 Å². The largest absolute Gasteiger partial charge is 0.379 e. The lowest BCUT2D eigenvalue weighted by Gasteiger charge is -2.20. The van der Waals surface area contributed by atoms with Crippen LogP contribution in [0.2, 0.25) is 0 Å². The fraction of sp³-hybridized carbons (Fsp3) is 0.217. The van der Waals surface area contributed by atoms with E-state index in [4.69, 9.17) is 9.59 Å². The van der Waals surface area contributed by atoms with E-state index in [0.29, 0.717) is 16.6 Å². The molecule has 0 atom stereocenters. The molecule has 1 amide bonds. The van der Waals surface area contributed by atoms with Crippen molar-refractivity contribution in [3.63, 3.8) is 0 Å². The van der Waals surface area contributed by atoms with E-state index >= 15 is 0 Å². The fourth-order valence-electron chi connectivity index (χ4n) is 3.17. The Hall–Kier alpha value is -3.24. The van der Waals surface area contributed by atoms with Gasteiger partial charge in [-0.2, -0.15) is 23.5 Å². The molecule has 8 nitrogen and oxygen atoms in total. The highest BCUT2D eigenvalue weighted by Gasteiger charge is 2.35. The quantitative estimate of drug-likeness (QED) is 0.482. The molecule has 0 aromatic heterocycles. The monoisotopic (exact) mass is 482 g/mol. The van der Waals surface area contributed by atoms with Gasteiger partial charge in [0.05, 0.1) is 5.57 Å². The van der Waals surface area contributed by atoms with Crippen LogP contribution in [0.1, 0.15) is 31.4 Å². The number of benzene rings is 2. The van der Waals surface area contributed by atoms with Crippen LogP contribution in [0.5, 0.6) is 5.75 Å². The van der Waals surface area contributed by atoms with Crippen LogP contribution >= 0.6 is 11.8 Å². The molecule has 1 N–H and O–H groups in total. The van der Waals surface area contributed by atoms with E-state index in [1.165, 1.54) is 47.1 Å². The lowest BCUT2D eigenvalue weighted by atomic mass is 10.1. The number of nitrogens with zero attached hydrogens (tertiary/aromatic N) is 3. The van der Waals surface area contributed by atoms with Crippen molar-refractivity contribution in [3.8, 4) is 5.75 Å². The Morgan fingerprint density at radius 2 is 1.91 bits per heavy atom. The van der Waals surface area contributed by atoms with Gasteiger partial charge in [-0.3, -0.25) is 10.2 Å². The predicted octanol–water partition coefficient (Wildman–Crippen LogP) is 4.43. The van der Waals surface area contributed by atoms with E-state index in [-0.39, 0.29) is 22.1 Å². The SMILES string of the molecule is Cc1ccc(S(=O)(=O)Oc2cccc(/C=C3\C(=N)N4N=C(CC(C)C)SC4=NC3=O)c2)cc1. The van der Waals surface area contributed by atoms with Gasteiger partial charge in [0, 0.05) is 6.42 Å². The molecule has 2 heterocycles. The molecule has 0 radical (unpaired) electrons. The van der Waals surface area contributed by atoms with Crippen LogP contribution in [0.15, 0.2) is 69.1 Å². The second-order valence-corrected chi connectivity index (χ2v) is 10.6. The summed E-state index contributed by atoms with van der Waals surface area (Å²) in [5, 5.41) is 15.4. The van der Waals surface area contributed by atoms with E-state index < -0.39 is 16.0 Å². The Morgan fingerprint density at radius 1 is 1.18 bits per heavy atom. The standard InChI is InChI=1S/C23H22N4O4S2/c1-14(2)11-20-26-27-21(24)19(22(28)25-23(27)32-20)13-16-5-4-6-17(12-16)31-33(29,30)18-9-7-15(3)8-10-18/h4-10,12-14,24H,11H2,1-3H3/b19-13+,24-21?. The van der Waals surface area contributed by atoms with Crippen molar-refractivity contribution in [2.75, 3.05) is 0 Å². The zero-order valence-electron chi connectivity index (χ0n) is 18.3. The maximum absolute atomic E-state index is 12.6. The minimum Gasteiger partial charge on any atom is -0.379 e. The van der Waals surface area contributed by atoms with Crippen molar-refractivity contribution in [2.45, 2.75) is 32.1 Å². The van der Waals surface area contributed by atoms with Crippen molar-refractivity contribution in [3.05, 3.63) is 65.2 Å². The maximum Gasteiger partial charge on any atom is 0.339 e. The molecule has 2 aliphatic rings. The summed E-state index contributed by atoms with van der Waals surface area (Å²) in [6.07, 6.45) is 2.21. The molecule has 0 aliphatic carbocycles. The van der Waals surface area contributed by atoms with Crippen LogP contribution < -0.4 is 4.18 Å². The predicted molar refractivity (Wildman–Crippen MR) is 130 cm³/mol. The number of rotatable bonds is 6. The molecule has 10 heteroatoms. The lowest BCUT2D eigenvalue weighted by Crippen LogP contribution is -2.35. The van der Waals surface area contributed by atoms with E-state index in [1.54, 1.807) is 24.3 Å². The van der Waals surface area contributed by atoms with Crippen LogP contribution in [0.4, 0.5) is 0 Å². The zero-order valence-corrected chi connectivity index (χ0v) is 19.9. The molecule has 0 saturated heterocycles. The first-order chi connectivity index (χ1) is 15.6. The molecule has 0 fully saturated rings. The van der Waals surface area contributed by atoms with Crippen molar-refractivity contribution < 1.29 is 17.4 Å². The van der Waals surface area contributed by atoms with Gasteiger partial charge in [-0.15, -0.1) is 0 Å². The summed E-state index contributed by atoms with van der Waals surface area (Å²) < 4.78 is 30.4. The van der Waals surface area contributed by atoms with Crippen LogP contribution in [-0.4, -0.2) is 35.4 Å². The first kappa shape index (κ1) is 22.9. The summed E-state index contributed by atoms with van der Waals surface area (Å²) >= 11 is 1.30. The number of amidine groups is 2. The smallest absolute Gasteiger partial charge is 0.339 e. The molecule has 170 valence electrons. The topological polar surface area (TPSA) is 112 Å². The molecule has 2 aliphatic heterocycles. The van der Waals surface area contributed by atoms with E-state index in [1.807, 2.05) is 6.92 Å². The number of amides is 1. The number of hydrazone groups is 1. The second kappa shape index (κ2) is 8.95. The van der Waals surface area contributed by atoms with Crippen molar-refractivity contribution >= 4 is 49.9 Å². The Labute approximate surface area is 196 Å². The first-order valence-corrected chi connectivity index (χ1v) is 12.4. The van der Waals surface area contributed by atoms with Crippen molar-refractivity contribution in [2.24, 2.45) is 16.0 Å². The third-order valence-corrected chi connectivity index (χ3v) is 6.96. The molecular formula is C23H22N4O4S2. The first-order valence-electron chi connectivity index (χ1n) is 10.2. The normalized spacial score (nSPS) is 17.3. The molecule has 4 rings (SSSR count). The number of thioether (sulfide) groups is 1. The van der Waals surface area contributed by atoms with Gasteiger partial charge in [0.1, 0.15) is 15.7 Å². The fourth-order valence-corrected chi connectivity index (χ4v) is 5.19. The number of carbonyl (C=O) groups excluding carboxylic acids is 1.